The largest absolute Gasteiger partial charge is 0.254 e. The van der Waals surface area contributed by atoms with Gasteiger partial charge in [0.25, 0.3) is 0 Å². The minimum atomic E-state index is 0.890. The van der Waals surface area contributed by atoms with Crippen molar-refractivity contribution in [3.8, 4) is 44.9 Å². The van der Waals surface area contributed by atoms with Gasteiger partial charge in [-0.1, -0.05) is 115 Å². The molecular formula is C41H28N2. The first-order chi connectivity index (χ1) is 21.2. The monoisotopic (exact) mass is 548 g/mol. The fourth-order valence-corrected chi connectivity index (χ4v) is 6.40. The highest BCUT2D eigenvalue weighted by molar-refractivity contribution is 6.21. The number of pyridine rings is 2. The highest BCUT2D eigenvalue weighted by Crippen LogP contribution is 2.44. The molecule has 0 bridgehead atoms. The van der Waals surface area contributed by atoms with Crippen molar-refractivity contribution >= 4 is 32.3 Å². The summed E-state index contributed by atoms with van der Waals surface area (Å²) < 4.78 is 0. The van der Waals surface area contributed by atoms with Gasteiger partial charge in [0.05, 0.1) is 17.1 Å². The summed E-state index contributed by atoms with van der Waals surface area (Å²) in [5.41, 5.74) is 9.96. The number of fused-ring (bicyclic) bond motifs is 3. The molecule has 0 N–H and O–H groups in total. The van der Waals surface area contributed by atoms with Gasteiger partial charge in [0.15, 0.2) is 0 Å². The van der Waals surface area contributed by atoms with E-state index in [1.54, 1.807) is 0 Å². The Balaban J connectivity index is 1.32. The maximum atomic E-state index is 5.02. The molecule has 0 aliphatic carbocycles. The second-order valence-corrected chi connectivity index (χ2v) is 11.1. The van der Waals surface area contributed by atoms with Gasteiger partial charge in [-0.15, -0.1) is 0 Å². The van der Waals surface area contributed by atoms with E-state index >= 15 is 0 Å². The van der Waals surface area contributed by atoms with Crippen LogP contribution in [0.4, 0.5) is 0 Å². The molecule has 2 heteroatoms. The summed E-state index contributed by atoms with van der Waals surface area (Å²) in [6.07, 6.45) is 1.83. The summed E-state index contributed by atoms with van der Waals surface area (Å²) >= 11 is 0. The zero-order chi connectivity index (χ0) is 28.8. The number of nitrogens with zero attached hydrogens (tertiary/aromatic N) is 2. The number of hydrogen-bond donors (Lipinski definition) is 0. The van der Waals surface area contributed by atoms with Crippen LogP contribution in [0.1, 0.15) is 5.56 Å². The Morgan fingerprint density at radius 2 is 1.00 bits per heavy atom. The molecule has 202 valence electrons. The first-order valence-corrected chi connectivity index (χ1v) is 14.7. The van der Waals surface area contributed by atoms with E-state index in [4.69, 9.17) is 4.98 Å². The van der Waals surface area contributed by atoms with Gasteiger partial charge in [0.2, 0.25) is 0 Å². The standard InChI is InChI=1S/C41H28N2/c1-27-11-10-24-42-41(27)38-19-9-18-37(43-38)30-22-20-28-21-23-31(26-32(28)25-30)40-35-16-7-5-14-33(35)39(29-12-3-2-4-13-29)34-15-6-8-17-36(34)40/h2-26H,1H3. The summed E-state index contributed by atoms with van der Waals surface area (Å²) in [7, 11) is 0. The molecule has 2 nitrogen and oxygen atoms in total. The third-order valence-corrected chi connectivity index (χ3v) is 8.42. The Kier molecular flexibility index (Phi) is 6.05. The van der Waals surface area contributed by atoms with E-state index in [1.165, 1.54) is 54.6 Å². The van der Waals surface area contributed by atoms with Crippen LogP contribution in [0.5, 0.6) is 0 Å². The Labute approximate surface area is 251 Å². The quantitative estimate of drug-likeness (QED) is 0.204. The zero-order valence-corrected chi connectivity index (χ0v) is 23.8. The molecule has 0 unspecified atom stereocenters. The minimum Gasteiger partial charge on any atom is -0.254 e. The van der Waals surface area contributed by atoms with Gasteiger partial charge in [-0.05, 0) is 97.4 Å². The first-order valence-electron chi connectivity index (χ1n) is 14.7. The second-order valence-electron chi connectivity index (χ2n) is 11.1. The Bertz CT molecular complexity index is 2240. The van der Waals surface area contributed by atoms with Crippen LogP contribution in [-0.2, 0) is 0 Å². The van der Waals surface area contributed by atoms with E-state index < -0.39 is 0 Å². The zero-order valence-electron chi connectivity index (χ0n) is 23.8. The van der Waals surface area contributed by atoms with E-state index in [-0.39, 0.29) is 0 Å². The molecule has 0 spiro atoms. The van der Waals surface area contributed by atoms with Crippen molar-refractivity contribution in [1.82, 2.24) is 9.97 Å². The molecular weight excluding hydrogens is 520 g/mol. The number of aryl methyl sites for hydroxylation is 1. The Morgan fingerprint density at radius 1 is 0.419 bits per heavy atom. The van der Waals surface area contributed by atoms with Crippen LogP contribution in [0.15, 0.2) is 152 Å². The van der Waals surface area contributed by atoms with Crippen molar-refractivity contribution in [1.29, 1.82) is 0 Å². The summed E-state index contributed by atoms with van der Waals surface area (Å²) in [5.74, 6) is 0. The number of hydrogen-bond acceptors (Lipinski definition) is 2. The predicted octanol–water partition coefficient (Wildman–Crippen LogP) is 10.9. The predicted molar refractivity (Wildman–Crippen MR) is 181 cm³/mol. The van der Waals surface area contributed by atoms with Crippen molar-refractivity contribution < 1.29 is 0 Å². The number of aromatic nitrogens is 2. The van der Waals surface area contributed by atoms with Gasteiger partial charge in [-0.2, -0.15) is 0 Å². The summed E-state index contributed by atoms with van der Waals surface area (Å²) in [6, 6.07) is 52.1. The highest BCUT2D eigenvalue weighted by Gasteiger charge is 2.16. The molecule has 0 aliphatic rings. The topological polar surface area (TPSA) is 25.8 Å². The van der Waals surface area contributed by atoms with Crippen molar-refractivity contribution in [2.75, 3.05) is 0 Å². The normalized spacial score (nSPS) is 11.4. The summed E-state index contributed by atoms with van der Waals surface area (Å²) in [6.45, 7) is 2.08. The van der Waals surface area contributed by atoms with E-state index in [1.807, 2.05) is 18.3 Å². The van der Waals surface area contributed by atoms with Gasteiger partial charge >= 0.3 is 0 Å². The van der Waals surface area contributed by atoms with Gasteiger partial charge in [0, 0.05) is 11.8 Å². The van der Waals surface area contributed by atoms with E-state index in [0.29, 0.717) is 0 Å². The van der Waals surface area contributed by atoms with E-state index in [2.05, 4.69) is 145 Å². The lowest BCUT2D eigenvalue weighted by molar-refractivity contribution is 1.22. The second kappa shape index (κ2) is 10.3. The third-order valence-electron chi connectivity index (χ3n) is 8.42. The maximum Gasteiger partial charge on any atom is 0.0915 e. The number of benzene rings is 6. The molecule has 43 heavy (non-hydrogen) atoms. The van der Waals surface area contributed by atoms with Crippen LogP contribution < -0.4 is 0 Å². The van der Waals surface area contributed by atoms with Crippen LogP contribution in [-0.4, -0.2) is 9.97 Å². The van der Waals surface area contributed by atoms with Crippen LogP contribution in [0.3, 0.4) is 0 Å². The molecule has 6 aromatic carbocycles. The minimum absolute atomic E-state index is 0.890. The molecule has 0 saturated heterocycles. The summed E-state index contributed by atoms with van der Waals surface area (Å²) in [4.78, 5) is 9.61. The molecule has 0 amide bonds. The molecule has 2 aromatic heterocycles. The van der Waals surface area contributed by atoms with Crippen LogP contribution >= 0.6 is 0 Å². The molecule has 2 heterocycles. The Hall–Kier alpha value is -5.60. The number of rotatable bonds is 4. The van der Waals surface area contributed by atoms with Crippen molar-refractivity contribution in [3.05, 3.63) is 157 Å². The fraction of sp³-hybridized carbons (Fsp3) is 0.0244. The molecule has 0 atom stereocenters. The van der Waals surface area contributed by atoms with Gasteiger partial charge in [0.1, 0.15) is 0 Å². The molecule has 0 saturated carbocycles. The van der Waals surface area contributed by atoms with Crippen LogP contribution in [0, 0.1) is 6.92 Å². The van der Waals surface area contributed by atoms with Crippen molar-refractivity contribution in [2.45, 2.75) is 6.92 Å². The lowest BCUT2D eigenvalue weighted by atomic mass is 9.85. The van der Waals surface area contributed by atoms with Gasteiger partial charge in [-0.25, -0.2) is 4.98 Å². The van der Waals surface area contributed by atoms with Crippen LogP contribution in [0.2, 0.25) is 0 Å². The van der Waals surface area contributed by atoms with Gasteiger partial charge < -0.3 is 0 Å². The van der Waals surface area contributed by atoms with E-state index in [9.17, 15) is 0 Å². The van der Waals surface area contributed by atoms with Gasteiger partial charge in [-0.3, -0.25) is 4.98 Å². The third kappa shape index (κ3) is 4.36. The molecule has 0 radical (unpaired) electrons. The lowest BCUT2D eigenvalue weighted by Crippen LogP contribution is -1.93. The fourth-order valence-electron chi connectivity index (χ4n) is 6.40. The smallest absolute Gasteiger partial charge is 0.0915 e. The molecule has 8 rings (SSSR count). The van der Waals surface area contributed by atoms with E-state index in [0.717, 1.165) is 28.2 Å². The molecule has 0 fully saturated rings. The summed E-state index contributed by atoms with van der Waals surface area (Å²) in [5, 5.41) is 7.45. The SMILES string of the molecule is Cc1cccnc1-c1cccc(-c2ccc3ccc(-c4c5ccccc5c(-c5ccccc5)c5ccccc45)cc3c2)n1. The van der Waals surface area contributed by atoms with Crippen molar-refractivity contribution in [3.63, 3.8) is 0 Å². The maximum absolute atomic E-state index is 5.02. The lowest BCUT2D eigenvalue weighted by Gasteiger charge is -2.18. The van der Waals surface area contributed by atoms with Crippen molar-refractivity contribution in [2.24, 2.45) is 0 Å². The average molecular weight is 549 g/mol. The molecule has 8 aromatic rings. The average Bonchev–Trinajstić information content (AvgIpc) is 3.07. The Morgan fingerprint density at radius 3 is 1.67 bits per heavy atom. The van der Waals surface area contributed by atoms with Crippen LogP contribution in [0.25, 0.3) is 77.2 Å². The molecule has 0 aliphatic heterocycles. The highest BCUT2D eigenvalue weighted by atomic mass is 14.8. The first kappa shape index (κ1) is 25.1.